The van der Waals surface area contributed by atoms with Crippen molar-refractivity contribution in [1.82, 2.24) is 10.3 Å². The van der Waals surface area contributed by atoms with Crippen LogP contribution in [0.15, 0.2) is 24.5 Å². The van der Waals surface area contributed by atoms with Crippen LogP contribution in [0.4, 0.5) is 0 Å². The molecule has 0 aliphatic carbocycles. The lowest BCUT2D eigenvalue weighted by atomic mass is 10.1. The van der Waals surface area contributed by atoms with Gasteiger partial charge in [-0.05, 0) is 43.0 Å². The Morgan fingerprint density at radius 3 is 3.00 bits per heavy atom. The molecule has 3 heteroatoms. The number of pyridine rings is 1. The zero-order valence-corrected chi connectivity index (χ0v) is 8.98. The molecule has 1 saturated heterocycles. The Bertz CT molecular complexity index is 270. The van der Waals surface area contributed by atoms with Gasteiger partial charge >= 0.3 is 0 Å². The summed E-state index contributed by atoms with van der Waals surface area (Å²) in [5, 5.41) is 3.48. The van der Waals surface area contributed by atoms with Gasteiger partial charge in [0, 0.05) is 25.5 Å². The first kappa shape index (κ1) is 10.6. The van der Waals surface area contributed by atoms with Crippen LogP contribution in [0.1, 0.15) is 12.0 Å². The zero-order valence-electron chi connectivity index (χ0n) is 8.98. The summed E-state index contributed by atoms with van der Waals surface area (Å²) < 4.78 is 5.32. The lowest BCUT2D eigenvalue weighted by Gasteiger charge is -2.08. The maximum Gasteiger partial charge on any atom is 0.0507 e. The average molecular weight is 206 g/mol. The summed E-state index contributed by atoms with van der Waals surface area (Å²) in [6.07, 6.45) is 5.98. The van der Waals surface area contributed by atoms with Crippen LogP contribution in [0.25, 0.3) is 0 Å². The topological polar surface area (TPSA) is 34.1 Å². The largest absolute Gasteiger partial charge is 0.381 e. The standard InChI is InChI=1S/C12H18N2O/c1-5-13-6-2-11(1)3-7-14-9-12-4-8-15-10-12/h1-2,5-6,12,14H,3-4,7-10H2. The summed E-state index contributed by atoms with van der Waals surface area (Å²) in [7, 11) is 0. The van der Waals surface area contributed by atoms with Crippen LogP contribution in [0.5, 0.6) is 0 Å². The van der Waals surface area contributed by atoms with Crippen LogP contribution in [0.3, 0.4) is 0 Å². The fourth-order valence-electron chi connectivity index (χ4n) is 1.83. The van der Waals surface area contributed by atoms with E-state index in [1.54, 1.807) is 0 Å². The highest BCUT2D eigenvalue weighted by Gasteiger charge is 2.14. The number of rotatable bonds is 5. The van der Waals surface area contributed by atoms with Crippen molar-refractivity contribution in [3.05, 3.63) is 30.1 Å². The summed E-state index contributed by atoms with van der Waals surface area (Å²) in [6.45, 7) is 4.00. The predicted octanol–water partition coefficient (Wildman–Crippen LogP) is 1.25. The number of hydrogen-bond acceptors (Lipinski definition) is 3. The monoisotopic (exact) mass is 206 g/mol. The van der Waals surface area contributed by atoms with Crippen molar-refractivity contribution < 1.29 is 4.74 Å². The zero-order chi connectivity index (χ0) is 10.3. The first-order chi connectivity index (χ1) is 7.45. The van der Waals surface area contributed by atoms with E-state index in [2.05, 4.69) is 22.4 Å². The Balaban J connectivity index is 1.59. The van der Waals surface area contributed by atoms with Crippen LogP contribution >= 0.6 is 0 Å². The molecule has 82 valence electrons. The molecule has 1 aliphatic heterocycles. The highest BCUT2D eigenvalue weighted by molar-refractivity contribution is 5.09. The van der Waals surface area contributed by atoms with Gasteiger partial charge in [0.1, 0.15) is 0 Å². The third-order valence-electron chi connectivity index (χ3n) is 2.80. The summed E-state index contributed by atoms with van der Waals surface area (Å²) in [4.78, 5) is 4.00. The molecule has 1 fully saturated rings. The van der Waals surface area contributed by atoms with Crippen molar-refractivity contribution in [1.29, 1.82) is 0 Å². The quantitative estimate of drug-likeness (QED) is 0.736. The smallest absolute Gasteiger partial charge is 0.0507 e. The second-order valence-electron chi connectivity index (χ2n) is 4.04. The summed E-state index contributed by atoms with van der Waals surface area (Å²) in [6, 6.07) is 4.14. The van der Waals surface area contributed by atoms with E-state index in [4.69, 9.17) is 4.74 Å². The van der Waals surface area contributed by atoms with Gasteiger partial charge in [0.2, 0.25) is 0 Å². The molecule has 0 radical (unpaired) electrons. The molecule has 0 bridgehead atoms. The van der Waals surface area contributed by atoms with Gasteiger partial charge in [0.15, 0.2) is 0 Å². The molecule has 0 aromatic carbocycles. The first-order valence-corrected chi connectivity index (χ1v) is 5.62. The number of hydrogen-bond donors (Lipinski definition) is 1. The second-order valence-corrected chi connectivity index (χ2v) is 4.04. The maximum atomic E-state index is 5.32. The minimum atomic E-state index is 0.724. The number of aromatic nitrogens is 1. The molecule has 1 aromatic rings. The molecule has 0 saturated carbocycles. The molecule has 15 heavy (non-hydrogen) atoms. The summed E-state index contributed by atoms with van der Waals surface area (Å²) in [5.41, 5.74) is 1.35. The number of nitrogens with one attached hydrogen (secondary N) is 1. The maximum absolute atomic E-state index is 5.32. The van der Waals surface area contributed by atoms with Crippen LogP contribution in [-0.2, 0) is 11.2 Å². The minimum Gasteiger partial charge on any atom is -0.381 e. The molecule has 1 atom stereocenters. The van der Waals surface area contributed by atoms with Gasteiger partial charge in [-0.2, -0.15) is 0 Å². The summed E-state index contributed by atoms with van der Waals surface area (Å²) >= 11 is 0. The highest BCUT2D eigenvalue weighted by Crippen LogP contribution is 2.10. The van der Waals surface area contributed by atoms with Gasteiger partial charge in [0.05, 0.1) is 6.61 Å². The molecule has 0 spiro atoms. The van der Waals surface area contributed by atoms with Gasteiger partial charge in [-0.1, -0.05) is 0 Å². The fourth-order valence-corrected chi connectivity index (χ4v) is 1.83. The van der Waals surface area contributed by atoms with E-state index in [1.807, 2.05) is 12.4 Å². The average Bonchev–Trinajstić information content (AvgIpc) is 2.79. The van der Waals surface area contributed by atoms with Crippen molar-refractivity contribution in [2.75, 3.05) is 26.3 Å². The van der Waals surface area contributed by atoms with Gasteiger partial charge in [-0.25, -0.2) is 0 Å². The van der Waals surface area contributed by atoms with Gasteiger partial charge in [-0.15, -0.1) is 0 Å². The van der Waals surface area contributed by atoms with Crippen molar-refractivity contribution in [2.45, 2.75) is 12.8 Å². The first-order valence-electron chi connectivity index (χ1n) is 5.62. The Hall–Kier alpha value is -0.930. The van der Waals surface area contributed by atoms with E-state index in [-0.39, 0.29) is 0 Å². The lowest BCUT2D eigenvalue weighted by Crippen LogP contribution is -2.25. The lowest BCUT2D eigenvalue weighted by molar-refractivity contribution is 0.185. The van der Waals surface area contributed by atoms with Gasteiger partial charge in [-0.3, -0.25) is 4.98 Å². The molecule has 1 aliphatic rings. The van der Waals surface area contributed by atoms with Crippen molar-refractivity contribution >= 4 is 0 Å². The Labute approximate surface area is 90.9 Å². The molecular weight excluding hydrogens is 188 g/mol. The molecule has 1 aromatic heterocycles. The molecule has 3 nitrogen and oxygen atoms in total. The summed E-state index contributed by atoms with van der Waals surface area (Å²) in [5.74, 6) is 0.724. The van der Waals surface area contributed by atoms with Gasteiger partial charge < -0.3 is 10.1 Å². The SMILES string of the molecule is c1cc(CCNCC2CCOC2)ccn1. The second kappa shape index (κ2) is 5.83. The molecule has 1 N–H and O–H groups in total. The van der Waals surface area contributed by atoms with Crippen LogP contribution in [0, 0.1) is 5.92 Å². The Kier molecular flexibility index (Phi) is 4.11. The van der Waals surface area contributed by atoms with Gasteiger partial charge in [0.25, 0.3) is 0 Å². The van der Waals surface area contributed by atoms with E-state index in [0.717, 1.165) is 38.6 Å². The van der Waals surface area contributed by atoms with E-state index in [0.29, 0.717) is 0 Å². The molecule has 1 unspecified atom stereocenters. The number of ether oxygens (including phenoxy) is 1. The highest BCUT2D eigenvalue weighted by atomic mass is 16.5. The molecule has 2 rings (SSSR count). The predicted molar refractivity (Wildman–Crippen MR) is 59.7 cm³/mol. The fraction of sp³-hybridized carbons (Fsp3) is 0.583. The van der Waals surface area contributed by atoms with E-state index >= 15 is 0 Å². The Morgan fingerprint density at radius 1 is 1.40 bits per heavy atom. The molecule has 2 heterocycles. The number of nitrogens with zero attached hydrogens (tertiary/aromatic N) is 1. The van der Waals surface area contributed by atoms with Crippen LogP contribution in [-0.4, -0.2) is 31.3 Å². The van der Waals surface area contributed by atoms with E-state index in [9.17, 15) is 0 Å². The van der Waals surface area contributed by atoms with Crippen LogP contribution < -0.4 is 5.32 Å². The molecule has 0 amide bonds. The Morgan fingerprint density at radius 2 is 2.27 bits per heavy atom. The molecular formula is C12H18N2O. The third kappa shape index (κ3) is 3.61. The third-order valence-corrected chi connectivity index (χ3v) is 2.80. The van der Waals surface area contributed by atoms with Crippen molar-refractivity contribution in [2.24, 2.45) is 5.92 Å². The van der Waals surface area contributed by atoms with Crippen LogP contribution in [0.2, 0.25) is 0 Å². The van der Waals surface area contributed by atoms with E-state index < -0.39 is 0 Å². The van der Waals surface area contributed by atoms with Crippen molar-refractivity contribution in [3.8, 4) is 0 Å². The normalized spacial score (nSPS) is 20.7. The minimum absolute atomic E-state index is 0.724. The van der Waals surface area contributed by atoms with Crippen molar-refractivity contribution in [3.63, 3.8) is 0 Å². The van der Waals surface area contributed by atoms with E-state index in [1.165, 1.54) is 12.0 Å².